The fourth-order valence-electron chi connectivity index (χ4n) is 1.88. The van der Waals surface area contributed by atoms with Gasteiger partial charge in [-0.3, -0.25) is 4.79 Å². The Kier molecular flexibility index (Phi) is 4.39. The first kappa shape index (κ1) is 11.5. The van der Waals surface area contributed by atoms with E-state index in [1.165, 1.54) is 0 Å². The molecule has 82 valence electrons. The fourth-order valence-corrected chi connectivity index (χ4v) is 1.88. The summed E-state index contributed by atoms with van der Waals surface area (Å²) in [6.45, 7) is 7.36. The SMILES string of the molecule is CC(C)CC(=O)N[C@@H]1CCCN[C@@H]1C. The van der Waals surface area contributed by atoms with Crippen LogP contribution < -0.4 is 10.6 Å². The van der Waals surface area contributed by atoms with Gasteiger partial charge in [-0.2, -0.15) is 0 Å². The third-order valence-electron chi connectivity index (χ3n) is 2.70. The number of carbonyl (C=O) groups is 1. The van der Waals surface area contributed by atoms with Crippen LogP contribution in [0.4, 0.5) is 0 Å². The van der Waals surface area contributed by atoms with Crippen LogP contribution in [0, 0.1) is 5.92 Å². The molecule has 0 spiro atoms. The van der Waals surface area contributed by atoms with Crippen molar-refractivity contribution >= 4 is 5.91 Å². The maximum atomic E-state index is 11.5. The molecule has 1 aliphatic rings. The van der Waals surface area contributed by atoms with E-state index < -0.39 is 0 Å². The maximum Gasteiger partial charge on any atom is 0.220 e. The number of amides is 1. The van der Waals surface area contributed by atoms with Crippen LogP contribution in [0.5, 0.6) is 0 Å². The lowest BCUT2D eigenvalue weighted by Gasteiger charge is -2.30. The third kappa shape index (κ3) is 3.66. The zero-order valence-corrected chi connectivity index (χ0v) is 9.47. The van der Waals surface area contributed by atoms with Crippen molar-refractivity contribution in [3.8, 4) is 0 Å². The first-order chi connectivity index (χ1) is 6.59. The Morgan fingerprint density at radius 3 is 2.86 bits per heavy atom. The van der Waals surface area contributed by atoms with E-state index in [1.807, 2.05) is 0 Å². The molecular formula is C11H22N2O. The number of nitrogens with one attached hydrogen (secondary N) is 2. The summed E-state index contributed by atoms with van der Waals surface area (Å²) in [6, 6.07) is 0.745. The van der Waals surface area contributed by atoms with Crippen molar-refractivity contribution < 1.29 is 4.79 Å². The molecule has 1 saturated heterocycles. The zero-order chi connectivity index (χ0) is 10.6. The number of piperidine rings is 1. The minimum Gasteiger partial charge on any atom is -0.352 e. The first-order valence-corrected chi connectivity index (χ1v) is 5.62. The molecule has 0 aliphatic carbocycles. The van der Waals surface area contributed by atoms with E-state index in [4.69, 9.17) is 0 Å². The van der Waals surface area contributed by atoms with Crippen molar-refractivity contribution in [1.29, 1.82) is 0 Å². The molecule has 1 aliphatic heterocycles. The Bertz CT molecular complexity index is 192. The quantitative estimate of drug-likeness (QED) is 0.717. The van der Waals surface area contributed by atoms with E-state index in [9.17, 15) is 4.79 Å². The molecule has 0 aromatic carbocycles. The van der Waals surface area contributed by atoms with Crippen LogP contribution in [0.2, 0.25) is 0 Å². The lowest BCUT2D eigenvalue weighted by atomic mass is 9.99. The second-order valence-corrected chi connectivity index (χ2v) is 4.66. The Hall–Kier alpha value is -0.570. The average molecular weight is 198 g/mol. The molecule has 0 saturated carbocycles. The fraction of sp³-hybridized carbons (Fsp3) is 0.909. The normalized spacial score (nSPS) is 27.7. The zero-order valence-electron chi connectivity index (χ0n) is 9.47. The largest absolute Gasteiger partial charge is 0.352 e. The highest BCUT2D eigenvalue weighted by atomic mass is 16.1. The van der Waals surface area contributed by atoms with Gasteiger partial charge >= 0.3 is 0 Å². The van der Waals surface area contributed by atoms with E-state index >= 15 is 0 Å². The van der Waals surface area contributed by atoms with Gasteiger partial charge in [-0.1, -0.05) is 13.8 Å². The molecular weight excluding hydrogens is 176 g/mol. The van der Waals surface area contributed by atoms with E-state index in [1.54, 1.807) is 0 Å². The number of hydrogen-bond donors (Lipinski definition) is 2. The molecule has 14 heavy (non-hydrogen) atoms. The van der Waals surface area contributed by atoms with Crippen molar-refractivity contribution in [1.82, 2.24) is 10.6 Å². The minimum absolute atomic E-state index is 0.195. The Morgan fingerprint density at radius 1 is 1.57 bits per heavy atom. The van der Waals surface area contributed by atoms with E-state index in [0.717, 1.165) is 19.4 Å². The molecule has 2 atom stereocenters. The summed E-state index contributed by atoms with van der Waals surface area (Å²) in [5, 5.41) is 6.47. The van der Waals surface area contributed by atoms with Gasteiger partial charge in [0.05, 0.1) is 0 Å². The van der Waals surface area contributed by atoms with Gasteiger partial charge in [0, 0.05) is 18.5 Å². The van der Waals surface area contributed by atoms with Crippen LogP contribution in [0.1, 0.15) is 40.0 Å². The van der Waals surface area contributed by atoms with Gasteiger partial charge in [0.2, 0.25) is 5.91 Å². The molecule has 0 aromatic heterocycles. The molecule has 1 rings (SSSR count). The molecule has 1 fully saturated rings. The summed E-state index contributed by atoms with van der Waals surface area (Å²) in [5.41, 5.74) is 0. The molecule has 0 unspecified atom stereocenters. The van der Waals surface area contributed by atoms with Gasteiger partial charge in [0.1, 0.15) is 0 Å². The summed E-state index contributed by atoms with van der Waals surface area (Å²) < 4.78 is 0. The minimum atomic E-state index is 0.195. The lowest BCUT2D eigenvalue weighted by molar-refractivity contribution is -0.122. The second-order valence-electron chi connectivity index (χ2n) is 4.66. The van der Waals surface area contributed by atoms with Crippen molar-refractivity contribution in [3.05, 3.63) is 0 Å². The van der Waals surface area contributed by atoms with Crippen molar-refractivity contribution in [2.24, 2.45) is 5.92 Å². The Balaban J connectivity index is 2.31. The lowest BCUT2D eigenvalue weighted by Crippen LogP contribution is -2.52. The smallest absolute Gasteiger partial charge is 0.220 e. The van der Waals surface area contributed by atoms with Gasteiger partial charge in [0.25, 0.3) is 0 Å². The summed E-state index contributed by atoms with van der Waals surface area (Å²) in [6.07, 6.45) is 2.91. The molecule has 0 bridgehead atoms. The highest BCUT2D eigenvalue weighted by Crippen LogP contribution is 2.09. The Morgan fingerprint density at radius 2 is 2.29 bits per heavy atom. The molecule has 3 nitrogen and oxygen atoms in total. The second kappa shape index (κ2) is 5.35. The van der Waals surface area contributed by atoms with Gasteiger partial charge in [-0.05, 0) is 32.2 Å². The molecule has 1 heterocycles. The third-order valence-corrected chi connectivity index (χ3v) is 2.70. The van der Waals surface area contributed by atoms with Gasteiger partial charge in [-0.25, -0.2) is 0 Å². The van der Waals surface area contributed by atoms with Crippen molar-refractivity contribution in [2.45, 2.75) is 52.1 Å². The topological polar surface area (TPSA) is 41.1 Å². The van der Waals surface area contributed by atoms with E-state index in [2.05, 4.69) is 31.4 Å². The monoisotopic (exact) mass is 198 g/mol. The van der Waals surface area contributed by atoms with Gasteiger partial charge in [-0.15, -0.1) is 0 Å². The van der Waals surface area contributed by atoms with Gasteiger partial charge in [0.15, 0.2) is 0 Å². The maximum absolute atomic E-state index is 11.5. The van der Waals surface area contributed by atoms with Crippen LogP contribution in [-0.2, 0) is 4.79 Å². The summed E-state index contributed by atoms with van der Waals surface area (Å²) in [4.78, 5) is 11.5. The van der Waals surface area contributed by atoms with Crippen molar-refractivity contribution in [3.63, 3.8) is 0 Å². The highest BCUT2D eigenvalue weighted by Gasteiger charge is 2.22. The predicted octanol–water partition coefficient (Wildman–Crippen LogP) is 1.29. The number of hydrogen-bond acceptors (Lipinski definition) is 2. The van der Waals surface area contributed by atoms with Crippen molar-refractivity contribution in [2.75, 3.05) is 6.54 Å². The van der Waals surface area contributed by atoms with Crippen LogP contribution in [-0.4, -0.2) is 24.5 Å². The Labute approximate surface area is 86.6 Å². The van der Waals surface area contributed by atoms with Crippen LogP contribution >= 0.6 is 0 Å². The van der Waals surface area contributed by atoms with E-state index in [-0.39, 0.29) is 5.91 Å². The number of carbonyl (C=O) groups excluding carboxylic acids is 1. The van der Waals surface area contributed by atoms with E-state index in [0.29, 0.717) is 24.4 Å². The standard InChI is InChI=1S/C11H22N2O/c1-8(2)7-11(14)13-10-5-4-6-12-9(10)3/h8-10,12H,4-7H2,1-3H3,(H,13,14)/t9-,10-/m1/s1. The summed E-state index contributed by atoms with van der Waals surface area (Å²) in [5.74, 6) is 0.641. The first-order valence-electron chi connectivity index (χ1n) is 5.62. The summed E-state index contributed by atoms with van der Waals surface area (Å²) >= 11 is 0. The molecule has 0 aromatic rings. The average Bonchev–Trinajstić information content (AvgIpc) is 2.07. The molecule has 0 radical (unpaired) electrons. The summed E-state index contributed by atoms with van der Waals surface area (Å²) in [7, 11) is 0. The predicted molar refractivity (Wildman–Crippen MR) is 58.1 cm³/mol. The molecule has 3 heteroatoms. The number of rotatable bonds is 3. The highest BCUT2D eigenvalue weighted by molar-refractivity contribution is 5.76. The van der Waals surface area contributed by atoms with Gasteiger partial charge < -0.3 is 10.6 Å². The molecule has 1 amide bonds. The molecule has 2 N–H and O–H groups in total. The van der Waals surface area contributed by atoms with Crippen LogP contribution in [0.3, 0.4) is 0 Å². The van der Waals surface area contributed by atoms with Crippen LogP contribution in [0.25, 0.3) is 0 Å². The van der Waals surface area contributed by atoms with Crippen LogP contribution in [0.15, 0.2) is 0 Å².